The molecule has 0 unspecified atom stereocenters. The zero-order valence-corrected chi connectivity index (χ0v) is 20.8. The van der Waals surface area contributed by atoms with Crippen molar-refractivity contribution < 1.29 is 23.8 Å². The number of rotatable bonds is 5. The first-order chi connectivity index (χ1) is 18.4. The molecule has 2 aliphatic heterocycles. The minimum Gasteiger partial charge on any atom is -0.489 e. The highest BCUT2D eigenvalue weighted by Crippen LogP contribution is 2.39. The smallest absolute Gasteiger partial charge is 0.404 e. The summed E-state index contributed by atoms with van der Waals surface area (Å²) in [4.78, 5) is 31.3. The zero-order valence-electron chi connectivity index (χ0n) is 20.8. The Morgan fingerprint density at radius 3 is 2.82 bits per heavy atom. The maximum absolute atomic E-state index is 14.1. The number of hydrogen-bond donors (Lipinski definition) is 2. The molecule has 4 aromatic rings. The normalized spacial score (nSPS) is 19.1. The summed E-state index contributed by atoms with van der Waals surface area (Å²) in [7, 11) is 0. The van der Waals surface area contributed by atoms with E-state index in [-0.39, 0.29) is 17.8 Å². The van der Waals surface area contributed by atoms with Gasteiger partial charge in [0.1, 0.15) is 23.7 Å². The Morgan fingerprint density at radius 1 is 1.13 bits per heavy atom. The first-order valence-corrected chi connectivity index (χ1v) is 13.2. The summed E-state index contributed by atoms with van der Waals surface area (Å²) >= 11 is 0. The molecule has 196 valence electrons. The number of amides is 2. The van der Waals surface area contributed by atoms with E-state index in [1.165, 1.54) is 18.9 Å². The predicted molar refractivity (Wildman–Crippen MR) is 139 cm³/mol. The molecule has 1 aliphatic carbocycles. The number of carbonyl (C=O) groups excluding carboxylic acids is 1. The van der Waals surface area contributed by atoms with Gasteiger partial charge in [-0.25, -0.2) is 14.2 Å². The average molecular weight is 518 g/mol. The lowest BCUT2D eigenvalue weighted by Crippen LogP contribution is -2.49. The molecule has 9 nitrogen and oxygen atoms in total. The van der Waals surface area contributed by atoms with Gasteiger partial charge in [-0.15, -0.1) is 0 Å². The maximum atomic E-state index is 14.1. The lowest BCUT2D eigenvalue weighted by Gasteiger charge is -2.32. The molecule has 0 bridgehead atoms. The van der Waals surface area contributed by atoms with Crippen molar-refractivity contribution in [1.29, 1.82) is 0 Å². The van der Waals surface area contributed by atoms with Crippen LogP contribution in [0.5, 0.6) is 5.75 Å². The number of benzene rings is 2. The van der Waals surface area contributed by atoms with E-state index in [9.17, 15) is 14.0 Å². The van der Waals surface area contributed by atoms with E-state index < -0.39 is 6.09 Å². The van der Waals surface area contributed by atoms with Gasteiger partial charge in [-0.1, -0.05) is 0 Å². The fourth-order valence-corrected chi connectivity index (χ4v) is 5.94. The third-order valence-electron chi connectivity index (χ3n) is 7.89. The molecule has 2 aromatic carbocycles. The fraction of sp³-hybridized carbons (Fsp3) is 0.393. The van der Waals surface area contributed by atoms with Crippen LogP contribution in [-0.2, 0) is 13.1 Å². The molecule has 10 heteroatoms. The standard InChI is InChI=1S/C28H28FN5O4/c29-19-5-6-22-17(10-19)12-23(34(22)14-16-3-4-16)26-31-21-11-18(13-24-25(21)33(26)8-9-38-24)27(35)32-7-1-2-20(15-32)30-28(36)37/h5-6,10-13,16,20,30H,1-4,7-9,14-15H2,(H,36,37)/t20-/m1/s1. The number of ether oxygens (including phenoxy) is 1. The van der Waals surface area contributed by atoms with Crippen LogP contribution >= 0.6 is 0 Å². The second kappa shape index (κ2) is 8.75. The van der Waals surface area contributed by atoms with Gasteiger partial charge < -0.3 is 29.2 Å². The Morgan fingerprint density at radius 2 is 2.00 bits per heavy atom. The van der Waals surface area contributed by atoms with Crippen molar-refractivity contribution in [1.82, 2.24) is 24.3 Å². The van der Waals surface area contributed by atoms with Gasteiger partial charge in [-0.05, 0) is 68.0 Å². The van der Waals surface area contributed by atoms with Crippen molar-refractivity contribution in [3.05, 3.63) is 47.8 Å². The quantitative estimate of drug-likeness (QED) is 0.407. The highest BCUT2D eigenvalue weighted by molar-refractivity contribution is 6.00. The van der Waals surface area contributed by atoms with E-state index in [1.807, 2.05) is 12.1 Å². The topological polar surface area (TPSA) is 102 Å². The predicted octanol–water partition coefficient (Wildman–Crippen LogP) is 4.47. The number of halogens is 1. The largest absolute Gasteiger partial charge is 0.489 e. The number of carboxylic acid groups (broad SMARTS) is 1. The van der Waals surface area contributed by atoms with Crippen LogP contribution in [0, 0.1) is 11.7 Å². The molecule has 2 N–H and O–H groups in total. The molecule has 2 aromatic heterocycles. The van der Waals surface area contributed by atoms with Gasteiger partial charge in [0.25, 0.3) is 5.91 Å². The lowest BCUT2D eigenvalue weighted by atomic mass is 10.0. The van der Waals surface area contributed by atoms with Gasteiger partial charge >= 0.3 is 6.09 Å². The summed E-state index contributed by atoms with van der Waals surface area (Å²) in [6, 6.07) is 10.2. The van der Waals surface area contributed by atoms with Gasteiger partial charge in [0, 0.05) is 42.1 Å². The Bertz CT molecular complexity index is 1600. The van der Waals surface area contributed by atoms with Crippen LogP contribution in [0.15, 0.2) is 36.4 Å². The number of aromatic nitrogens is 3. The third kappa shape index (κ3) is 3.95. The molecular formula is C28H28FN5O4. The average Bonchev–Trinajstić information content (AvgIpc) is 3.55. The van der Waals surface area contributed by atoms with E-state index in [2.05, 4.69) is 14.5 Å². The van der Waals surface area contributed by atoms with Gasteiger partial charge in [0.05, 0.1) is 17.8 Å². The minimum atomic E-state index is -1.08. The van der Waals surface area contributed by atoms with Gasteiger partial charge in [-0.2, -0.15) is 0 Å². The zero-order chi connectivity index (χ0) is 26.0. The van der Waals surface area contributed by atoms with Crippen molar-refractivity contribution in [2.75, 3.05) is 19.7 Å². The number of hydrogen-bond acceptors (Lipinski definition) is 4. The Hall–Kier alpha value is -4.08. The maximum Gasteiger partial charge on any atom is 0.404 e. The second-order valence-electron chi connectivity index (χ2n) is 10.6. The van der Waals surface area contributed by atoms with Gasteiger partial charge in [-0.3, -0.25) is 4.79 Å². The molecule has 0 radical (unpaired) electrons. The van der Waals surface area contributed by atoms with Crippen LogP contribution in [-0.4, -0.2) is 61.9 Å². The monoisotopic (exact) mass is 517 g/mol. The van der Waals surface area contributed by atoms with Gasteiger partial charge in [0.15, 0.2) is 5.82 Å². The SMILES string of the molecule is O=C(O)N[C@@H]1CCCN(C(=O)c2cc3c4c(c2)nc(-c2cc5cc(F)ccc5n2CC2CC2)n4CCO3)C1. The molecule has 2 amide bonds. The summed E-state index contributed by atoms with van der Waals surface area (Å²) in [6.45, 7) is 2.84. The van der Waals surface area contributed by atoms with E-state index in [1.54, 1.807) is 23.1 Å². The molecule has 7 rings (SSSR count). The molecular weight excluding hydrogens is 489 g/mol. The van der Waals surface area contributed by atoms with E-state index >= 15 is 0 Å². The van der Waals surface area contributed by atoms with Crippen LogP contribution in [0.2, 0.25) is 0 Å². The molecule has 1 saturated carbocycles. The second-order valence-corrected chi connectivity index (χ2v) is 10.6. The first kappa shape index (κ1) is 23.1. The minimum absolute atomic E-state index is 0.163. The van der Waals surface area contributed by atoms with Crippen molar-refractivity contribution in [2.24, 2.45) is 5.92 Å². The summed E-state index contributed by atoms with van der Waals surface area (Å²) < 4.78 is 24.5. The lowest BCUT2D eigenvalue weighted by molar-refractivity contribution is 0.0692. The number of likely N-dealkylation sites (tertiary alicyclic amines) is 1. The van der Waals surface area contributed by atoms with Crippen molar-refractivity contribution >= 4 is 33.9 Å². The molecule has 1 saturated heterocycles. The van der Waals surface area contributed by atoms with Crippen LogP contribution in [0.1, 0.15) is 36.0 Å². The Kier molecular flexibility index (Phi) is 5.31. The summed E-state index contributed by atoms with van der Waals surface area (Å²) in [5.74, 6) is 1.59. The Balaban J connectivity index is 1.30. The number of nitrogens with one attached hydrogen (secondary N) is 1. The van der Waals surface area contributed by atoms with Crippen molar-refractivity contribution in [3.63, 3.8) is 0 Å². The summed E-state index contributed by atoms with van der Waals surface area (Å²) in [5, 5.41) is 12.4. The van der Waals surface area contributed by atoms with E-state index in [0.29, 0.717) is 55.4 Å². The molecule has 38 heavy (non-hydrogen) atoms. The number of fused-ring (bicyclic) bond motifs is 1. The molecule has 3 aliphatic rings. The number of nitrogens with zero attached hydrogens (tertiary/aromatic N) is 4. The molecule has 2 fully saturated rings. The molecule has 1 atom stereocenters. The molecule has 4 heterocycles. The number of carbonyl (C=O) groups is 2. The number of piperidine rings is 1. The molecule has 0 spiro atoms. The highest BCUT2D eigenvalue weighted by Gasteiger charge is 2.30. The fourth-order valence-electron chi connectivity index (χ4n) is 5.94. The van der Waals surface area contributed by atoms with Crippen LogP contribution in [0.4, 0.5) is 9.18 Å². The Labute approximate surface area is 217 Å². The summed E-state index contributed by atoms with van der Waals surface area (Å²) in [5.41, 5.74) is 3.93. The van der Waals surface area contributed by atoms with Crippen LogP contribution < -0.4 is 10.1 Å². The van der Waals surface area contributed by atoms with Gasteiger partial charge in [0.2, 0.25) is 0 Å². The summed E-state index contributed by atoms with van der Waals surface area (Å²) in [6.07, 6.45) is 2.74. The van der Waals surface area contributed by atoms with E-state index in [4.69, 9.17) is 14.8 Å². The first-order valence-electron chi connectivity index (χ1n) is 13.2. The van der Waals surface area contributed by atoms with Crippen LogP contribution in [0.25, 0.3) is 33.5 Å². The van der Waals surface area contributed by atoms with Crippen molar-refractivity contribution in [2.45, 2.75) is 44.8 Å². The van der Waals surface area contributed by atoms with E-state index in [0.717, 1.165) is 40.9 Å². The number of imidazole rings is 1. The third-order valence-corrected chi connectivity index (χ3v) is 7.89. The highest BCUT2D eigenvalue weighted by atomic mass is 19.1. The van der Waals surface area contributed by atoms with Crippen LogP contribution in [0.3, 0.4) is 0 Å². The van der Waals surface area contributed by atoms with Crippen molar-refractivity contribution in [3.8, 4) is 17.3 Å².